The number of carbonyl (C=O) groups is 3. The van der Waals surface area contributed by atoms with Crippen LogP contribution in [-0.4, -0.2) is 63.2 Å². The van der Waals surface area contributed by atoms with Crippen molar-refractivity contribution in [3.8, 4) is 0 Å². The number of imide groups is 1. The number of rotatable bonds is 9. The first-order valence-corrected chi connectivity index (χ1v) is 14.6. The smallest absolute Gasteiger partial charge is 0.425 e. The number of hydrogen-bond donors (Lipinski definition) is 1. The zero-order chi connectivity index (χ0) is 33.7. The fraction of sp³-hybridized carbons (Fsp3) is 0.581. The lowest BCUT2D eigenvalue weighted by Crippen LogP contribution is -2.44. The summed E-state index contributed by atoms with van der Waals surface area (Å²) in [6.45, 7) is 17.2. The number of aryl methyl sites for hydroxylation is 1. The van der Waals surface area contributed by atoms with E-state index in [9.17, 15) is 24.5 Å². The Morgan fingerprint density at radius 2 is 1.55 bits per heavy atom. The van der Waals surface area contributed by atoms with Gasteiger partial charge in [-0.1, -0.05) is 20.3 Å². The molecule has 1 unspecified atom stereocenters. The average molecular weight is 615 g/mol. The molecule has 0 aliphatic heterocycles. The molecule has 0 fully saturated rings. The minimum atomic E-state index is -1.01. The molecule has 2 aromatic rings. The van der Waals surface area contributed by atoms with Crippen LogP contribution in [0.5, 0.6) is 0 Å². The summed E-state index contributed by atoms with van der Waals surface area (Å²) in [5.74, 6) is -0.595. The van der Waals surface area contributed by atoms with Crippen molar-refractivity contribution in [2.24, 2.45) is 0 Å². The van der Waals surface area contributed by atoms with Crippen LogP contribution in [0.3, 0.4) is 0 Å². The number of nitrogens with zero attached hydrogens (tertiary/aromatic N) is 5. The number of nitrogens with one attached hydrogen (secondary N) is 1. The summed E-state index contributed by atoms with van der Waals surface area (Å²) in [7, 11) is 3.22. The largest absolute Gasteiger partial charge is 0.443 e. The van der Waals surface area contributed by atoms with E-state index in [1.807, 2.05) is 13.8 Å². The molecule has 13 heteroatoms. The van der Waals surface area contributed by atoms with Crippen molar-refractivity contribution in [2.45, 2.75) is 106 Å². The first-order valence-electron chi connectivity index (χ1n) is 14.6. The van der Waals surface area contributed by atoms with E-state index in [1.165, 1.54) is 11.0 Å². The summed E-state index contributed by atoms with van der Waals surface area (Å²) in [5.41, 5.74) is -0.561. The Hall–Kier alpha value is -4.29. The topological polar surface area (TPSA) is 157 Å². The molecule has 1 aromatic carbocycles. The number of carbonyl (C=O) groups excluding carboxylic acids is 3. The highest BCUT2D eigenvalue weighted by molar-refractivity contribution is 6.09. The Morgan fingerprint density at radius 3 is 1.98 bits per heavy atom. The van der Waals surface area contributed by atoms with E-state index in [0.717, 1.165) is 12.7 Å². The fourth-order valence-corrected chi connectivity index (χ4v) is 4.71. The lowest BCUT2D eigenvalue weighted by molar-refractivity contribution is -0.384. The minimum absolute atomic E-state index is 0.107. The maximum atomic E-state index is 13.3. The minimum Gasteiger partial charge on any atom is -0.443 e. The van der Waals surface area contributed by atoms with E-state index in [-0.39, 0.29) is 40.4 Å². The zero-order valence-electron chi connectivity index (χ0n) is 27.9. The Morgan fingerprint density at radius 1 is 1.00 bits per heavy atom. The van der Waals surface area contributed by atoms with Crippen LogP contribution in [0, 0.1) is 24.0 Å². The Labute approximate surface area is 259 Å². The molecule has 1 N–H and O–H groups in total. The summed E-state index contributed by atoms with van der Waals surface area (Å²) in [6.07, 6.45) is 1.10. The number of amides is 3. The van der Waals surface area contributed by atoms with Gasteiger partial charge >= 0.3 is 12.2 Å². The molecule has 44 heavy (non-hydrogen) atoms. The predicted molar refractivity (Wildman–Crippen MR) is 169 cm³/mol. The van der Waals surface area contributed by atoms with Crippen molar-refractivity contribution in [1.29, 1.82) is 0 Å². The van der Waals surface area contributed by atoms with Crippen molar-refractivity contribution in [3.05, 3.63) is 44.8 Å². The van der Waals surface area contributed by atoms with Crippen LogP contribution in [0.25, 0.3) is 0 Å². The monoisotopic (exact) mass is 614 g/mol. The van der Waals surface area contributed by atoms with E-state index in [2.05, 4.69) is 15.3 Å². The third kappa shape index (κ3) is 8.64. The molecule has 2 rings (SSSR count). The van der Waals surface area contributed by atoms with Gasteiger partial charge in [-0.15, -0.1) is 0 Å². The summed E-state index contributed by atoms with van der Waals surface area (Å²) >= 11 is 0. The third-order valence-electron chi connectivity index (χ3n) is 6.55. The second-order valence-electron chi connectivity index (χ2n) is 12.8. The highest BCUT2D eigenvalue weighted by Gasteiger charge is 2.36. The van der Waals surface area contributed by atoms with Crippen LogP contribution in [0.1, 0.15) is 108 Å². The molecule has 0 spiro atoms. The molecule has 0 saturated heterocycles. The lowest BCUT2D eigenvalue weighted by atomic mass is 9.84. The molecule has 0 radical (unpaired) electrons. The number of hydrogen-bond acceptors (Lipinski definition) is 10. The molecule has 1 atom stereocenters. The van der Waals surface area contributed by atoms with Crippen LogP contribution in [0.2, 0.25) is 0 Å². The van der Waals surface area contributed by atoms with Crippen LogP contribution in [0.4, 0.5) is 32.6 Å². The predicted octanol–water partition coefficient (Wildman–Crippen LogP) is 7.42. The molecule has 1 heterocycles. The molecule has 0 aliphatic rings. The van der Waals surface area contributed by atoms with Gasteiger partial charge < -0.3 is 19.7 Å². The summed E-state index contributed by atoms with van der Waals surface area (Å²) in [5, 5.41) is 15.7. The van der Waals surface area contributed by atoms with E-state index in [1.54, 1.807) is 69.5 Å². The second kappa shape index (κ2) is 14.0. The summed E-state index contributed by atoms with van der Waals surface area (Å²) in [6, 6.07) is 1.54. The molecule has 0 saturated carbocycles. The lowest BCUT2D eigenvalue weighted by Gasteiger charge is -2.29. The normalized spacial score (nSPS) is 12.3. The van der Waals surface area contributed by atoms with Gasteiger partial charge in [-0.2, -0.15) is 4.90 Å². The van der Waals surface area contributed by atoms with Crippen LogP contribution >= 0.6 is 0 Å². The molecule has 1 aromatic heterocycles. The van der Waals surface area contributed by atoms with Gasteiger partial charge in [-0.3, -0.25) is 14.9 Å². The molecular weight excluding hydrogens is 568 g/mol. The number of benzene rings is 1. The van der Waals surface area contributed by atoms with Gasteiger partial charge in [-0.05, 0) is 85.8 Å². The maximum absolute atomic E-state index is 13.3. The highest BCUT2D eigenvalue weighted by Crippen LogP contribution is 2.43. The Bertz CT molecular complexity index is 1380. The molecule has 13 nitrogen and oxygen atoms in total. The van der Waals surface area contributed by atoms with Crippen molar-refractivity contribution in [3.63, 3.8) is 0 Å². The van der Waals surface area contributed by atoms with Crippen LogP contribution in [-0.2, 0) is 9.47 Å². The fourth-order valence-electron chi connectivity index (χ4n) is 4.71. The van der Waals surface area contributed by atoms with Gasteiger partial charge in [0.2, 0.25) is 0 Å². The molecular formula is C31H46N6O7. The van der Waals surface area contributed by atoms with Crippen molar-refractivity contribution in [2.75, 3.05) is 24.3 Å². The van der Waals surface area contributed by atoms with Gasteiger partial charge in [0.15, 0.2) is 5.82 Å². The van der Waals surface area contributed by atoms with E-state index < -0.39 is 28.3 Å². The molecule has 0 aliphatic carbocycles. The third-order valence-corrected chi connectivity index (χ3v) is 6.55. The SMILES string of the molecule is CCCC(CC)c1c(C(=O)N(C)C)c(C)cc(Nc2ncnc(N(C(=O)OC(C)(C)C)C(=O)OC(C)(C)C)c2C)c1[N+](=O)[O-]. The van der Waals surface area contributed by atoms with Crippen molar-refractivity contribution in [1.82, 2.24) is 14.9 Å². The number of nitro benzene ring substituents is 1. The zero-order valence-corrected chi connectivity index (χ0v) is 27.9. The second-order valence-corrected chi connectivity index (χ2v) is 12.8. The van der Waals surface area contributed by atoms with E-state index in [4.69, 9.17) is 9.47 Å². The Balaban J connectivity index is 2.83. The number of ether oxygens (including phenoxy) is 2. The summed E-state index contributed by atoms with van der Waals surface area (Å²) < 4.78 is 11.0. The first-order chi connectivity index (χ1) is 20.2. The number of nitro groups is 1. The number of aromatic nitrogens is 2. The average Bonchev–Trinajstić information content (AvgIpc) is 2.86. The standard InChI is InChI=1S/C31H46N6O7/c1-13-15-20(14-2)23-22(27(38)35(11)12)18(3)16-21(24(23)37(41)42)34-25-19(4)26(33-17-32-25)36(28(39)43-30(5,6)7)29(40)44-31(8,9)10/h16-17,20H,13-15H2,1-12H3,(H,32,33,34). The highest BCUT2D eigenvalue weighted by atomic mass is 16.6. The van der Waals surface area contributed by atoms with E-state index >= 15 is 0 Å². The first kappa shape index (κ1) is 35.9. The Kier molecular flexibility index (Phi) is 11.4. The molecule has 242 valence electrons. The van der Waals surface area contributed by atoms with Gasteiger partial charge in [0, 0.05) is 25.2 Å². The maximum Gasteiger partial charge on any atom is 0.425 e. The molecule has 0 bridgehead atoms. The summed E-state index contributed by atoms with van der Waals surface area (Å²) in [4.78, 5) is 62.6. The van der Waals surface area contributed by atoms with Crippen molar-refractivity contribution < 1.29 is 28.8 Å². The van der Waals surface area contributed by atoms with Crippen LogP contribution in [0.15, 0.2) is 12.4 Å². The number of anilines is 3. The van der Waals surface area contributed by atoms with Gasteiger partial charge in [0.1, 0.15) is 29.0 Å². The van der Waals surface area contributed by atoms with E-state index in [0.29, 0.717) is 34.4 Å². The van der Waals surface area contributed by atoms with Gasteiger partial charge in [-0.25, -0.2) is 19.6 Å². The van der Waals surface area contributed by atoms with Gasteiger partial charge in [0.05, 0.1) is 10.5 Å². The quantitative estimate of drug-likeness (QED) is 0.223. The van der Waals surface area contributed by atoms with Crippen LogP contribution < -0.4 is 10.2 Å². The van der Waals surface area contributed by atoms with Gasteiger partial charge in [0.25, 0.3) is 11.6 Å². The molecule has 3 amide bonds. The van der Waals surface area contributed by atoms with Crippen molar-refractivity contribution >= 4 is 41.1 Å².